The minimum absolute atomic E-state index is 0.392. The van der Waals surface area contributed by atoms with E-state index in [4.69, 9.17) is 10.5 Å². The van der Waals surface area contributed by atoms with Crippen molar-refractivity contribution >= 4 is 34.3 Å². The van der Waals surface area contributed by atoms with Crippen molar-refractivity contribution in [1.29, 1.82) is 0 Å². The van der Waals surface area contributed by atoms with Gasteiger partial charge in [0.25, 0.3) is 0 Å². The number of para-hydroxylation sites is 1. The number of carbonyl (C=O) groups excluding carboxylic acids is 2. The van der Waals surface area contributed by atoms with E-state index < -0.39 is 17.9 Å². The molecular weight excluding hydrogens is 310 g/mol. The van der Waals surface area contributed by atoms with Gasteiger partial charge in [0, 0.05) is 15.5 Å². The van der Waals surface area contributed by atoms with Crippen LogP contribution in [-0.2, 0) is 9.53 Å². The third-order valence-corrected chi connectivity index (χ3v) is 5.29. The van der Waals surface area contributed by atoms with Gasteiger partial charge in [-0.15, -0.1) is 0 Å². The van der Waals surface area contributed by atoms with E-state index in [0.29, 0.717) is 17.7 Å². The highest BCUT2D eigenvalue weighted by molar-refractivity contribution is 8.08. The molecule has 0 aromatic heterocycles. The number of esters is 2. The second kappa shape index (κ2) is 5.28. The highest BCUT2D eigenvalue weighted by atomic mass is 32.2. The molecular formula is C18H13NO3S. The molecule has 0 radical (unpaired) electrons. The molecule has 2 aromatic rings. The maximum atomic E-state index is 12.0. The number of cyclic esters (lactones) is 2. The zero-order valence-corrected chi connectivity index (χ0v) is 12.9. The number of allylic oxidation sites excluding steroid dienone is 1. The van der Waals surface area contributed by atoms with Crippen LogP contribution in [0.15, 0.2) is 53.4 Å². The predicted octanol–water partition coefficient (Wildman–Crippen LogP) is 3.59. The largest absolute Gasteiger partial charge is 0.398 e. The summed E-state index contributed by atoms with van der Waals surface area (Å²) in [5.74, 6) is -1.42. The quantitative estimate of drug-likeness (QED) is 0.519. The average molecular weight is 323 g/mol. The highest BCUT2D eigenvalue weighted by Crippen LogP contribution is 2.46. The van der Waals surface area contributed by atoms with Crippen LogP contribution in [-0.4, -0.2) is 11.9 Å². The van der Waals surface area contributed by atoms with Crippen LogP contribution in [0.4, 0.5) is 5.69 Å². The zero-order valence-electron chi connectivity index (χ0n) is 12.1. The Morgan fingerprint density at radius 2 is 1.83 bits per heavy atom. The molecule has 4 rings (SSSR count). The molecule has 0 bridgehead atoms. The summed E-state index contributed by atoms with van der Waals surface area (Å²) in [5.41, 5.74) is 8.91. The fourth-order valence-corrected chi connectivity index (χ4v) is 4.04. The number of hydrogen-bond donors (Lipinski definition) is 1. The number of carbonyl (C=O) groups is 2. The Hall–Kier alpha value is -2.53. The van der Waals surface area contributed by atoms with Crippen molar-refractivity contribution in [3.8, 4) is 0 Å². The van der Waals surface area contributed by atoms with E-state index in [2.05, 4.69) is 0 Å². The van der Waals surface area contributed by atoms with E-state index in [0.717, 1.165) is 20.9 Å². The number of benzene rings is 2. The van der Waals surface area contributed by atoms with Gasteiger partial charge in [-0.25, -0.2) is 4.79 Å². The summed E-state index contributed by atoms with van der Waals surface area (Å²) in [4.78, 5) is 25.9. The van der Waals surface area contributed by atoms with Crippen LogP contribution in [0, 0.1) is 0 Å². The van der Waals surface area contributed by atoms with Crippen molar-refractivity contribution < 1.29 is 14.3 Å². The molecule has 1 aliphatic carbocycles. The summed E-state index contributed by atoms with van der Waals surface area (Å²) in [6.45, 7) is 0. The first-order valence-electron chi connectivity index (χ1n) is 7.27. The Morgan fingerprint density at radius 1 is 1.04 bits per heavy atom. The molecule has 0 saturated carbocycles. The summed E-state index contributed by atoms with van der Waals surface area (Å²) in [6.07, 6.45) is 2.55. The highest BCUT2D eigenvalue weighted by Gasteiger charge is 2.38. The molecule has 2 aliphatic rings. The fourth-order valence-electron chi connectivity index (χ4n) is 3.01. The summed E-state index contributed by atoms with van der Waals surface area (Å²) in [5, 5.41) is 0. The Bertz CT molecular complexity index is 872. The van der Waals surface area contributed by atoms with Crippen molar-refractivity contribution in [3.63, 3.8) is 0 Å². The van der Waals surface area contributed by atoms with Gasteiger partial charge >= 0.3 is 11.9 Å². The van der Waals surface area contributed by atoms with Crippen LogP contribution < -0.4 is 5.73 Å². The fraction of sp³-hybridized carbons (Fsp3) is 0.111. The van der Waals surface area contributed by atoms with E-state index in [-0.39, 0.29) is 0 Å². The van der Waals surface area contributed by atoms with Crippen LogP contribution in [0.25, 0.3) is 4.91 Å². The van der Waals surface area contributed by atoms with Crippen molar-refractivity contribution in [3.05, 3.63) is 65.2 Å². The van der Waals surface area contributed by atoms with Crippen LogP contribution in [0.2, 0.25) is 0 Å². The topological polar surface area (TPSA) is 69.4 Å². The molecule has 1 aliphatic heterocycles. The van der Waals surface area contributed by atoms with E-state index in [9.17, 15) is 9.59 Å². The number of nitrogen functional groups attached to an aromatic ring is 1. The smallest absolute Gasteiger partial charge is 0.346 e. The number of hydrogen-bond acceptors (Lipinski definition) is 5. The van der Waals surface area contributed by atoms with Gasteiger partial charge < -0.3 is 10.5 Å². The molecule has 0 spiro atoms. The SMILES string of the molecule is Nc1ccccc1SC1=CCC2C(=O)OC(=O)c3cccc1c32. The van der Waals surface area contributed by atoms with Gasteiger partial charge in [-0.2, -0.15) is 0 Å². The lowest BCUT2D eigenvalue weighted by Crippen LogP contribution is -2.29. The van der Waals surface area contributed by atoms with Crippen molar-refractivity contribution in [2.24, 2.45) is 0 Å². The molecule has 0 saturated heterocycles. The second-order valence-corrected chi connectivity index (χ2v) is 6.56. The van der Waals surface area contributed by atoms with Crippen LogP contribution >= 0.6 is 11.8 Å². The zero-order chi connectivity index (χ0) is 16.0. The molecule has 2 N–H and O–H groups in total. The monoisotopic (exact) mass is 323 g/mol. The minimum Gasteiger partial charge on any atom is -0.398 e. The predicted molar refractivity (Wildman–Crippen MR) is 88.9 cm³/mol. The summed E-state index contributed by atoms with van der Waals surface area (Å²) in [7, 11) is 0. The van der Waals surface area contributed by atoms with Crippen LogP contribution in [0.5, 0.6) is 0 Å². The summed E-state index contributed by atoms with van der Waals surface area (Å²) < 4.78 is 4.84. The lowest BCUT2D eigenvalue weighted by molar-refractivity contribution is -0.140. The second-order valence-electron chi connectivity index (χ2n) is 5.47. The van der Waals surface area contributed by atoms with Crippen molar-refractivity contribution in [1.82, 2.24) is 0 Å². The van der Waals surface area contributed by atoms with E-state index in [1.807, 2.05) is 42.5 Å². The maximum Gasteiger partial charge on any atom is 0.346 e. The van der Waals surface area contributed by atoms with E-state index in [1.54, 1.807) is 17.8 Å². The first-order valence-corrected chi connectivity index (χ1v) is 8.08. The number of ether oxygens (including phenoxy) is 1. The number of thioether (sulfide) groups is 1. The molecule has 1 unspecified atom stereocenters. The van der Waals surface area contributed by atoms with Gasteiger partial charge in [-0.05, 0) is 35.7 Å². The molecule has 2 aromatic carbocycles. The molecule has 114 valence electrons. The standard InChI is InChI=1S/C18H13NO3S/c19-13-6-1-2-7-15(13)23-14-9-8-12-16-10(14)4-3-5-11(16)17(20)22-18(12)21/h1-7,9,12H,8,19H2. The molecule has 0 fully saturated rings. The molecule has 4 nitrogen and oxygen atoms in total. The third kappa shape index (κ3) is 2.24. The van der Waals surface area contributed by atoms with Crippen molar-refractivity contribution in [2.45, 2.75) is 17.2 Å². The normalized spacial score (nSPS) is 19.0. The van der Waals surface area contributed by atoms with Gasteiger partial charge in [0.05, 0.1) is 11.5 Å². The minimum atomic E-state index is -0.562. The number of rotatable bonds is 2. The molecule has 0 amide bonds. The average Bonchev–Trinajstić information content (AvgIpc) is 2.55. The maximum absolute atomic E-state index is 12.0. The van der Waals surface area contributed by atoms with Crippen LogP contribution in [0.3, 0.4) is 0 Å². The third-order valence-electron chi connectivity index (χ3n) is 4.10. The van der Waals surface area contributed by atoms with E-state index in [1.165, 1.54) is 0 Å². The lowest BCUT2D eigenvalue weighted by atomic mass is 9.82. The molecule has 23 heavy (non-hydrogen) atoms. The Labute approximate surface area is 137 Å². The van der Waals surface area contributed by atoms with Gasteiger partial charge in [0.1, 0.15) is 0 Å². The van der Waals surface area contributed by atoms with Gasteiger partial charge in [-0.3, -0.25) is 4.79 Å². The summed E-state index contributed by atoms with van der Waals surface area (Å²) >= 11 is 1.55. The van der Waals surface area contributed by atoms with Gasteiger partial charge in [0.15, 0.2) is 0 Å². The number of nitrogens with two attached hydrogens (primary N) is 1. The van der Waals surface area contributed by atoms with Crippen LogP contribution in [0.1, 0.15) is 33.8 Å². The molecule has 1 atom stereocenters. The first-order chi connectivity index (χ1) is 11.1. The lowest BCUT2D eigenvalue weighted by Gasteiger charge is -2.29. The Morgan fingerprint density at radius 3 is 2.65 bits per heavy atom. The number of anilines is 1. The Kier molecular flexibility index (Phi) is 3.23. The van der Waals surface area contributed by atoms with Gasteiger partial charge in [0.2, 0.25) is 0 Å². The van der Waals surface area contributed by atoms with Gasteiger partial charge in [-0.1, -0.05) is 42.1 Å². The van der Waals surface area contributed by atoms with E-state index >= 15 is 0 Å². The Balaban J connectivity index is 1.81. The van der Waals surface area contributed by atoms with Crippen molar-refractivity contribution in [2.75, 3.05) is 5.73 Å². The first kappa shape index (κ1) is 14.1. The molecule has 5 heteroatoms. The molecule has 1 heterocycles. The summed E-state index contributed by atoms with van der Waals surface area (Å²) in [6, 6.07) is 13.1.